The van der Waals surface area contributed by atoms with Gasteiger partial charge in [0, 0.05) is 31.7 Å². The van der Waals surface area contributed by atoms with Gasteiger partial charge in [-0.1, -0.05) is 6.07 Å². The lowest BCUT2D eigenvalue weighted by Gasteiger charge is -2.02. The minimum Gasteiger partial charge on any atom is -0.299 e. The van der Waals surface area contributed by atoms with Crippen LogP contribution in [0.1, 0.15) is 18.4 Å². The minimum absolute atomic E-state index is 0.0112. The van der Waals surface area contributed by atoms with Crippen molar-refractivity contribution in [3.8, 4) is 0 Å². The molecule has 0 saturated carbocycles. The Labute approximate surface area is 109 Å². The second kappa shape index (κ2) is 6.01. The molecule has 2 aromatic rings. The monoisotopic (exact) mass is 259 g/mol. The number of carbonyl (C=O) groups excluding carboxylic acids is 2. The molecule has 0 saturated heterocycles. The minimum atomic E-state index is -0.558. The Morgan fingerprint density at radius 3 is 2.58 bits per heavy atom. The number of hydroxylamine groups is 1. The van der Waals surface area contributed by atoms with Crippen LogP contribution in [-0.4, -0.2) is 26.9 Å². The molecule has 0 atom stereocenters. The molecule has 1 amide bonds. The van der Waals surface area contributed by atoms with E-state index in [1.807, 2.05) is 18.2 Å². The molecule has 2 N–H and O–H groups in total. The first kappa shape index (κ1) is 13.1. The van der Waals surface area contributed by atoms with E-state index >= 15 is 0 Å². The number of fused-ring (bicyclic) bond motifs is 1. The normalized spacial score (nSPS) is 10.4. The highest BCUT2D eigenvalue weighted by Crippen LogP contribution is 2.12. The molecule has 1 aromatic carbocycles. The average Bonchev–Trinajstić information content (AvgIpc) is 2.44. The molecule has 0 fully saturated rings. The first-order valence-electron chi connectivity index (χ1n) is 5.83. The van der Waals surface area contributed by atoms with Gasteiger partial charge in [-0.15, -0.1) is 0 Å². The highest BCUT2D eigenvalue weighted by molar-refractivity contribution is 5.86. The number of aromatic nitrogens is 2. The third kappa shape index (κ3) is 3.56. The molecule has 1 aromatic heterocycles. The summed E-state index contributed by atoms with van der Waals surface area (Å²) < 4.78 is 0. The fourth-order valence-corrected chi connectivity index (χ4v) is 1.74. The van der Waals surface area contributed by atoms with E-state index in [-0.39, 0.29) is 25.0 Å². The van der Waals surface area contributed by atoms with Crippen molar-refractivity contribution in [1.82, 2.24) is 15.4 Å². The zero-order valence-electron chi connectivity index (χ0n) is 10.2. The number of amides is 1. The van der Waals surface area contributed by atoms with Crippen LogP contribution in [0.2, 0.25) is 0 Å². The van der Waals surface area contributed by atoms with Gasteiger partial charge in [0.15, 0.2) is 0 Å². The quantitative estimate of drug-likeness (QED) is 0.618. The van der Waals surface area contributed by atoms with Crippen molar-refractivity contribution in [2.24, 2.45) is 0 Å². The van der Waals surface area contributed by atoms with Gasteiger partial charge in [0.2, 0.25) is 5.91 Å². The van der Waals surface area contributed by atoms with E-state index in [1.165, 1.54) is 5.48 Å². The number of hydrogen-bond acceptors (Lipinski definition) is 5. The summed E-state index contributed by atoms with van der Waals surface area (Å²) in [5, 5.41) is 8.33. The third-order valence-corrected chi connectivity index (χ3v) is 2.69. The number of ketones is 1. The van der Waals surface area contributed by atoms with Crippen molar-refractivity contribution in [3.63, 3.8) is 0 Å². The molecule has 6 nitrogen and oxygen atoms in total. The Balaban J connectivity index is 2.01. The maximum Gasteiger partial charge on any atom is 0.243 e. The molecule has 19 heavy (non-hydrogen) atoms. The molecule has 0 aliphatic carbocycles. The van der Waals surface area contributed by atoms with E-state index in [1.54, 1.807) is 12.4 Å². The van der Waals surface area contributed by atoms with Crippen LogP contribution in [0.3, 0.4) is 0 Å². The van der Waals surface area contributed by atoms with Crippen LogP contribution in [0.25, 0.3) is 11.0 Å². The molecule has 0 spiro atoms. The number of nitrogens with one attached hydrogen (secondary N) is 1. The molecular weight excluding hydrogens is 246 g/mol. The highest BCUT2D eigenvalue weighted by Gasteiger charge is 2.08. The van der Waals surface area contributed by atoms with Gasteiger partial charge in [-0.3, -0.25) is 24.8 Å². The van der Waals surface area contributed by atoms with Gasteiger partial charge in [-0.2, -0.15) is 0 Å². The van der Waals surface area contributed by atoms with Crippen molar-refractivity contribution >= 4 is 22.7 Å². The van der Waals surface area contributed by atoms with E-state index in [4.69, 9.17) is 5.21 Å². The fraction of sp³-hybridized carbons (Fsp3) is 0.231. The average molecular weight is 259 g/mol. The van der Waals surface area contributed by atoms with Crippen LogP contribution in [-0.2, 0) is 16.0 Å². The Hall–Kier alpha value is -2.34. The second-order valence-corrected chi connectivity index (χ2v) is 4.13. The van der Waals surface area contributed by atoms with E-state index in [0.29, 0.717) is 0 Å². The summed E-state index contributed by atoms with van der Waals surface area (Å²) in [6.45, 7) is 0. The lowest BCUT2D eigenvalue weighted by atomic mass is 10.0. The Kier molecular flexibility index (Phi) is 4.15. The van der Waals surface area contributed by atoms with Gasteiger partial charge in [-0.25, -0.2) is 5.48 Å². The van der Waals surface area contributed by atoms with Gasteiger partial charge >= 0.3 is 0 Å². The largest absolute Gasteiger partial charge is 0.299 e. The maximum atomic E-state index is 11.7. The van der Waals surface area contributed by atoms with Crippen LogP contribution in [0.5, 0.6) is 0 Å². The van der Waals surface area contributed by atoms with Crippen molar-refractivity contribution in [2.75, 3.05) is 0 Å². The molecule has 0 unspecified atom stereocenters. The summed E-state index contributed by atoms with van der Waals surface area (Å²) in [7, 11) is 0. The Morgan fingerprint density at radius 2 is 1.84 bits per heavy atom. The summed E-state index contributed by atoms with van der Waals surface area (Å²) in [4.78, 5) is 30.8. The summed E-state index contributed by atoms with van der Waals surface area (Å²) >= 11 is 0. The van der Waals surface area contributed by atoms with E-state index < -0.39 is 5.91 Å². The van der Waals surface area contributed by atoms with Crippen LogP contribution in [0.15, 0.2) is 30.6 Å². The maximum absolute atomic E-state index is 11.7. The summed E-state index contributed by atoms with van der Waals surface area (Å²) in [6.07, 6.45) is 3.54. The number of Topliss-reactive ketones (excluding diaryl/α,β-unsaturated/α-hetero) is 1. The topological polar surface area (TPSA) is 92.2 Å². The molecule has 6 heteroatoms. The molecule has 0 aliphatic rings. The van der Waals surface area contributed by atoms with Crippen LogP contribution in [0, 0.1) is 0 Å². The number of carbonyl (C=O) groups is 2. The number of nitrogens with zero attached hydrogens (tertiary/aromatic N) is 2. The van der Waals surface area contributed by atoms with E-state index in [0.717, 1.165) is 16.6 Å². The highest BCUT2D eigenvalue weighted by atomic mass is 16.5. The number of hydrogen-bond donors (Lipinski definition) is 2. The third-order valence-electron chi connectivity index (χ3n) is 2.69. The Bertz CT molecular complexity index is 613. The smallest absolute Gasteiger partial charge is 0.243 e. The molecule has 0 aliphatic heterocycles. The summed E-state index contributed by atoms with van der Waals surface area (Å²) in [5.74, 6) is -0.621. The van der Waals surface area contributed by atoms with Crippen molar-refractivity contribution < 1.29 is 14.8 Å². The Morgan fingerprint density at radius 1 is 1.11 bits per heavy atom. The lowest BCUT2D eigenvalue weighted by molar-refractivity contribution is -0.131. The van der Waals surface area contributed by atoms with Crippen LogP contribution >= 0.6 is 0 Å². The predicted molar refractivity (Wildman–Crippen MR) is 67.4 cm³/mol. The fourth-order valence-electron chi connectivity index (χ4n) is 1.74. The van der Waals surface area contributed by atoms with E-state index in [2.05, 4.69) is 9.97 Å². The zero-order valence-corrected chi connectivity index (χ0v) is 10.2. The summed E-state index contributed by atoms with van der Waals surface area (Å²) in [5.41, 5.74) is 3.85. The standard InChI is InChI=1S/C13H13N3O3/c17-10(2-4-13(18)16-19)7-9-1-3-11-12(8-9)15-6-5-14-11/h1,3,5-6,8,19H,2,4,7H2,(H,16,18). The predicted octanol–water partition coefficient (Wildman–Crippen LogP) is 1.03. The molecule has 98 valence electrons. The SMILES string of the molecule is O=C(CCC(=O)NO)Cc1ccc2nccnc2c1. The van der Waals surface area contributed by atoms with Gasteiger partial charge in [0.1, 0.15) is 5.78 Å². The number of rotatable bonds is 5. The van der Waals surface area contributed by atoms with Crippen LogP contribution < -0.4 is 5.48 Å². The van der Waals surface area contributed by atoms with Crippen molar-refractivity contribution in [2.45, 2.75) is 19.3 Å². The van der Waals surface area contributed by atoms with Crippen molar-refractivity contribution in [3.05, 3.63) is 36.2 Å². The van der Waals surface area contributed by atoms with Gasteiger partial charge in [0.05, 0.1) is 11.0 Å². The second-order valence-electron chi connectivity index (χ2n) is 4.13. The number of benzene rings is 1. The van der Waals surface area contributed by atoms with Gasteiger partial charge < -0.3 is 0 Å². The molecule has 2 rings (SSSR count). The molecule has 0 bridgehead atoms. The zero-order chi connectivity index (χ0) is 13.7. The molecule has 0 radical (unpaired) electrons. The van der Waals surface area contributed by atoms with Gasteiger partial charge in [-0.05, 0) is 17.7 Å². The van der Waals surface area contributed by atoms with E-state index in [9.17, 15) is 9.59 Å². The van der Waals surface area contributed by atoms with Crippen LogP contribution in [0.4, 0.5) is 0 Å². The first-order chi connectivity index (χ1) is 9.19. The first-order valence-corrected chi connectivity index (χ1v) is 5.83. The van der Waals surface area contributed by atoms with Gasteiger partial charge in [0.25, 0.3) is 0 Å². The van der Waals surface area contributed by atoms with Crippen molar-refractivity contribution in [1.29, 1.82) is 0 Å². The summed E-state index contributed by atoms with van der Waals surface area (Å²) in [6, 6.07) is 5.44. The molecule has 1 heterocycles. The lowest BCUT2D eigenvalue weighted by Crippen LogP contribution is -2.19. The molecular formula is C13H13N3O3.